The Morgan fingerprint density at radius 1 is 1.24 bits per heavy atom. The third kappa shape index (κ3) is 3.18. The summed E-state index contributed by atoms with van der Waals surface area (Å²) in [5.74, 6) is 0. The van der Waals surface area contributed by atoms with Gasteiger partial charge in [0.25, 0.3) is 0 Å². The Labute approximate surface area is 124 Å². The van der Waals surface area contributed by atoms with Crippen LogP contribution in [0.15, 0.2) is 18.2 Å². The molecule has 1 fully saturated rings. The van der Waals surface area contributed by atoms with Gasteiger partial charge in [0.15, 0.2) is 0 Å². The Morgan fingerprint density at radius 3 is 2.38 bits per heavy atom. The van der Waals surface area contributed by atoms with E-state index in [0.717, 1.165) is 32.4 Å². The van der Waals surface area contributed by atoms with Crippen LogP contribution >= 0.6 is 0 Å². The van der Waals surface area contributed by atoms with Crippen LogP contribution in [0.1, 0.15) is 44.2 Å². The van der Waals surface area contributed by atoms with Crippen LogP contribution in [-0.2, 0) is 12.7 Å². The predicted octanol–water partition coefficient (Wildman–Crippen LogP) is 4.18. The minimum Gasteiger partial charge on any atom is -0.371 e. The number of anilines is 1. The Hall–Kier alpha value is -1.23. The number of halogens is 3. The summed E-state index contributed by atoms with van der Waals surface area (Å²) in [5.41, 5.74) is 5.87. The third-order valence-electron chi connectivity index (χ3n) is 4.92. The first-order valence-corrected chi connectivity index (χ1v) is 7.50. The van der Waals surface area contributed by atoms with Crippen molar-refractivity contribution in [2.75, 3.05) is 18.0 Å². The number of hydrogen-bond donors (Lipinski definition) is 1. The van der Waals surface area contributed by atoms with Crippen molar-refractivity contribution in [3.05, 3.63) is 29.3 Å². The van der Waals surface area contributed by atoms with Gasteiger partial charge in [0.05, 0.1) is 5.56 Å². The third-order valence-corrected chi connectivity index (χ3v) is 4.92. The van der Waals surface area contributed by atoms with E-state index in [1.165, 1.54) is 12.1 Å². The summed E-state index contributed by atoms with van der Waals surface area (Å²) in [6, 6.07) is 4.53. The molecular formula is C16H23F3N2. The second-order valence-corrected chi connectivity index (χ2v) is 5.92. The van der Waals surface area contributed by atoms with Crippen LogP contribution in [0.5, 0.6) is 0 Å². The standard InChI is InChI=1S/C16H23F3N2/c1-3-15(4-2)7-8-21(11-15)13-6-5-12(10-20)14(9-13)16(17,18)19/h5-6,9H,3-4,7-8,10-11,20H2,1-2H3. The van der Waals surface area contributed by atoms with E-state index < -0.39 is 11.7 Å². The topological polar surface area (TPSA) is 29.3 Å². The molecule has 2 rings (SSSR count). The lowest BCUT2D eigenvalue weighted by atomic mass is 9.82. The van der Waals surface area contributed by atoms with E-state index in [2.05, 4.69) is 18.7 Å². The molecule has 118 valence electrons. The van der Waals surface area contributed by atoms with Crippen molar-refractivity contribution in [3.8, 4) is 0 Å². The SMILES string of the molecule is CCC1(CC)CCN(c2ccc(CN)c(C(F)(F)F)c2)C1. The molecule has 1 aliphatic rings. The highest BCUT2D eigenvalue weighted by Gasteiger charge is 2.37. The molecule has 0 bridgehead atoms. The zero-order chi connectivity index (χ0) is 15.7. The van der Waals surface area contributed by atoms with E-state index >= 15 is 0 Å². The molecule has 0 atom stereocenters. The van der Waals surface area contributed by atoms with Gasteiger partial charge in [-0.25, -0.2) is 0 Å². The molecule has 0 spiro atoms. The number of nitrogens with zero attached hydrogens (tertiary/aromatic N) is 1. The van der Waals surface area contributed by atoms with Crippen LogP contribution in [0.25, 0.3) is 0 Å². The molecule has 2 nitrogen and oxygen atoms in total. The maximum Gasteiger partial charge on any atom is 0.416 e. The van der Waals surface area contributed by atoms with E-state index in [9.17, 15) is 13.2 Å². The highest BCUT2D eigenvalue weighted by Crippen LogP contribution is 2.41. The van der Waals surface area contributed by atoms with Crippen molar-refractivity contribution in [1.82, 2.24) is 0 Å². The molecule has 0 saturated carbocycles. The smallest absolute Gasteiger partial charge is 0.371 e. The van der Waals surface area contributed by atoms with Gasteiger partial charge in [-0.2, -0.15) is 13.2 Å². The van der Waals surface area contributed by atoms with Gasteiger partial charge in [0.1, 0.15) is 0 Å². The van der Waals surface area contributed by atoms with Crippen molar-refractivity contribution in [1.29, 1.82) is 0 Å². The molecule has 0 aliphatic carbocycles. The maximum atomic E-state index is 13.1. The fraction of sp³-hybridized carbons (Fsp3) is 0.625. The van der Waals surface area contributed by atoms with E-state index in [4.69, 9.17) is 5.73 Å². The fourth-order valence-corrected chi connectivity index (χ4v) is 3.19. The molecule has 0 amide bonds. The number of rotatable bonds is 4. The maximum absolute atomic E-state index is 13.1. The van der Waals surface area contributed by atoms with Gasteiger partial charge in [-0.1, -0.05) is 19.9 Å². The summed E-state index contributed by atoms with van der Waals surface area (Å²) >= 11 is 0. The molecule has 1 aliphatic heterocycles. The second-order valence-electron chi connectivity index (χ2n) is 5.92. The summed E-state index contributed by atoms with van der Waals surface area (Å²) in [6.45, 7) is 5.88. The second kappa shape index (κ2) is 5.87. The summed E-state index contributed by atoms with van der Waals surface area (Å²) < 4.78 is 39.3. The average Bonchev–Trinajstić information content (AvgIpc) is 2.91. The molecule has 21 heavy (non-hydrogen) atoms. The van der Waals surface area contributed by atoms with Crippen LogP contribution in [0, 0.1) is 5.41 Å². The van der Waals surface area contributed by atoms with E-state index in [1.807, 2.05) is 0 Å². The molecule has 0 unspecified atom stereocenters. The minimum absolute atomic E-state index is 0.0943. The summed E-state index contributed by atoms with van der Waals surface area (Å²) in [5, 5.41) is 0. The van der Waals surface area contributed by atoms with Gasteiger partial charge in [-0.3, -0.25) is 0 Å². The first-order chi connectivity index (χ1) is 9.85. The number of alkyl halides is 3. The summed E-state index contributed by atoms with van der Waals surface area (Å²) in [4.78, 5) is 2.07. The predicted molar refractivity (Wildman–Crippen MR) is 79.2 cm³/mol. The van der Waals surface area contributed by atoms with E-state index in [-0.39, 0.29) is 17.5 Å². The van der Waals surface area contributed by atoms with Crippen molar-refractivity contribution >= 4 is 5.69 Å². The van der Waals surface area contributed by atoms with E-state index in [0.29, 0.717) is 5.69 Å². The molecule has 5 heteroatoms. The molecule has 0 aromatic heterocycles. The molecule has 1 aromatic rings. The average molecular weight is 300 g/mol. The summed E-state index contributed by atoms with van der Waals surface area (Å²) in [7, 11) is 0. The van der Waals surface area contributed by atoms with Gasteiger partial charge in [-0.15, -0.1) is 0 Å². The highest BCUT2D eigenvalue weighted by atomic mass is 19.4. The number of benzene rings is 1. The van der Waals surface area contributed by atoms with Gasteiger partial charge >= 0.3 is 6.18 Å². The first kappa shape index (κ1) is 16.1. The van der Waals surface area contributed by atoms with Crippen LogP contribution < -0.4 is 10.6 Å². The van der Waals surface area contributed by atoms with Gasteiger partial charge in [0.2, 0.25) is 0 Å². The van der Waals surface area contributed by atoms with Gasteiger partial charge < -0.3 is 10.6 Å². The number of nitrogens with two attached hydrogens (primary N) is 1. The molecule has 1 heterocycles. The van der Waals surface area contributed by atoms with Crippen molar-refractivity contribution < 1.29 is 13.2 Å². The zero-order valence-electron chi connectivity index (χ0n) is 12.6. The molecule has 1 saturated heterocycles. The Bertz CT molecular complexity index is 493. The van der Waals surface area contributed by atoms with Crippen LogP contribution in [0.2, 0.25) is 0 Å². The van der Waals surface area contributed by atoms with Crippen molar-refractivity contribution in [2.45, 2.75) is 45.8 Å². The fourth-order valence-electron chi connectivity index (χ4n) is 3.19. The number of hydrogen-bond acceptors (Lipinski definition) is 2. The largest absolute Gasteiger partial charge is 0.416 e. The van der Waals surface area contributed by atoms with Gasteiger partial charge in [0, 0.05) is 25.3 Å². The lowest BCUT2D eigenvalue weighted by Crippen LogP contribution is -2.26. The molecule has 0 radical (unpaired) electrons. The zero-order valence-corrected chi connectivity index (χ0v) is 12.6. The normalized spacial score (nSPS) is 18.3. The summed E-state index contributed by atoms with van der Waals surface area (Å²) in [6.07, 6.45) is -1.18. The van der Waals surface area contributed by atoms with Crippen molar-refractivity contribution in [2.24, 2.45) is 11.1 Å². The molecular weight excluding hydrogens is 277 g/mol. The molecule has 1 aromatic carbocycles. The minimum atomic E-state index is -4.35. The monoisotopic (exact) mass is 300 g/mol. The van der Waals surface area contributed by atoms with Gasteiger partial charge in [-0.05, 0) is 42.4 Å². The first-order valence-electron chi connectivity index (χ1n) is 7.50. The Morgan fingerprint density at radius 2 is 1.90 bits per heavy atom. The highest BCUT2D eigenvalue weighted by molar-refractivity contribution is 5.53. The van der Waals surface area contributed by atoms with Crippen LogP contribution in [-0.4, -0.2) is 13.1 Å². The van der Waals surface area contributed by atoms with E-state index in [1.54, 1.807) is 6.07 Å². The Kier molecular flexibility index (Phi) is 4.51. The lowest BCUT2D eigenvalue weighted by molar-refractivity contribution is -0.138. The van der Waals surface area contributed by atoms with Crippen LogP contribution in [0.4, 0.5) is 18.9 Å². The quantitative estimate of drug-likeness (QED) is 0.904. The lowest BCUT2D eigenvalue weighted by Gasteiger charge is -2.27. The van der Waals surface area contributed by atoms with Crippen LogP contribution in [0.3, 0.4) is 0 Å². The Balaban J connectivity index is 2.30. The van der Waals surface area contributed by atoms with Crippen molar-refractivity contribution in [3.63, 3.8) is 0 Å². The molecule has 2 N–H and O–H groups in total.